The number of carboxylic acid groups (broad SMARTS) is 1. The smallest absolute Gasteiger partial charge is 0.337 e. The highest BCUT2D eigenvalue weighted by Crippen LogP contribution is 2.19. The van der Waals surface area contributed by atoms with Gasteiger partial charge in [0, 0.05) is 13.1 Å². The maximum absolute atomic E-state index is 10.9. The van der Waals surface area contributed by atoms with Crippen LogP contribution in [0.5, 0.6) is 0 Å². The van der Waals surface area contributed by atoms with Gasteiger partial charge in [-0.15, -0.1) is 5.11 Å². The van der Waals surface area contributed by atoms with Crippen molar-refractivity contribution in [2.75, 3.05) is 13.1 Å². The fourth-order valence-electron chi connectivity index (χ4n) is 1.20. The summed E-state index contributed by atoms with van der Waals surface area (Å²) >= 11 is 0. The van der Waals surface area contributed by atoms with E-state index in [0.29, 0.717) is 5.69 Å². The van der Waals surface area contributed by atoms with Crippen LogP contribution >= 0.6 is 0 Å². The van der Waals surface area contributed by atoms with Crippen molar-refractivity contribution < 1.29 is 9.90 Å². The molecule has 1 N–H and O–H groups in total. The topological polar surface area (TPSA) is 65.3 Å². The Bertz CT molecular complexity index is 387. The van der Waals surface area contributed by atoms with Gasteiger partial charge >= 0.3 is 5.97 Å². The normalized spacial score (nSPS) is 10.6. The number of hydrogen-bond donors (Lipinski definition) is 1. The lowest BCUT2D eigenvalue weighted by Gasteiger charge is -2.11. The Kier molecular flexibility index (Phi) is 4.44. The van der Waals surface area contributed by atoms with Gasteiger partial charge in [-0.1, -0.05) is 17.4 Å². The number of carbonyl (C=O) groups is 1. The first-order chi connectivity index (χ1) is 7.69. The molecular formula is C11H15N3O2. The Labute approximate surface area is 94.4 Å². The molecule has 5 heteroatoms. The highest BCUT2D eigenvalue weighted by atomic mass is 16.4. The molecule has 0 heterocycles. The van der Waals surface area contributed by atoms with Crippen molar-refractivity contribution in [3.8, 4) is 0 Å². The highest BCUT2D eigenvalue weighted by Gasteiger charge is 2.08. The van der Waals surface area contributed by atoms with Gasteiger partial charge in [0.15, 0.2) is 0 Å². The molecule has 0 atom stereocenters. The highest BCUT2D eigenvalue weighted by molar-refractivity contribution is 5.93. The van der Waals surface area contributed by atoms with Crippen LogP contribution in [0.2, 0.25) is 0 Å². The Morgan fingerprint density at radius 1 is 1.31 bits per heavy atom. The number of hydrogen-bond acceptors (Lipinski definition) is 3. The van der Waals surface area contributed by atoms with Crippen LogP contribution in [0.25, 0.3) is 0 Å². The van der Waals surface area contributed by atoms with Gasteiger partial charge in [-0.3, -0.25) is 5.01 Å². The van der Waals surface area contributed by atoms with E-state index in [1.807, 2.05) is 13.8 Å². The minimum Gasteiger partial charge on any atom is -0.478 e. The van der Waals surface area contributed by atoms with Gasteiger partial charge in [0.1, 0.15) is 5.69 Å². The van der Waals surface area contributed by atoms with E-state index >= 15 is 0 Å². The molecule has 0 saturated carbocycles. The second-order valence-corrected chi connectivity index (χ2v) is 3.15. The summed E-state index contributed by atoms with van der Waals surface area (Å²) in [5.74, 6) is -0.992. The summed E-state index contributed by atoms with van der Waals surface area (Å²) in [6, 6.07) is 6.55. The van der Waals surface area contributed by atoms with E-state index in [1.54, 1.807) is 23.2 Å². The Morgan fingerprint density at radius 3 is 2.50 bits per heavy atom. The van der Waals surface area contributed by atoms with Crippen LogP contribution < -0.4 is 0 Å². The van der Waals surface area contributed by atoms with Crippen molar-refractivity contribution in [1.29, 1.82) is 0 Å². The zero-order valence-electron chi connectivity index (χ0n) is 9.42. The molecule has 0 spiro atoms. The van der Waals surface area contributed by atoms with Crippen molar-refractivity contribution in [2.24, 2.45) is 10.3 Å². The van der Waals surface area contributed by atoms with Crippen LogP contribution in [0.4, 0.5) is 5.69 Å². The van der Waals surface area contributed by atoms with E-state index in [9.17, 15) is 4.79 Å². The van der Waals surface area contributed by atoms with Gasteiger partial charge in [0.05, 0.1) is 5.56 Å². The zero-order chi connectivity index (χ0) is 12.0. The van der Waals surface area contributed by atoms with Crippen LogP contribution in [0.15, 0.2) is 34.6 Å². The Morgan fingerprint density at radius 2 is 1.94 bits per heavy atom. The maximum Gasteiger partial charge on any atom is 0.337 e. The van der Waals surface area contributed by atoms with Crippen LogP contribution in [-0.2, 0) is 0 Å². The third-order valence-corrected chi connectivity index (χ3v) is 2.14. The largest absolute Gasteiger partial charge is 0.478 e. The molecule has 1 rings (SSSR count). The molecule has 0 fully saturated rings. The van der Waals surface area contributed by atoms with E-state index < -0.39 is 5.97 Å². The van der Waals surface area contributed by atoms with Crippen molar-refractivity contribution in [3.63, 3.8) is 0 Å². The van der Waals surface area contributed by atoms with Crippen LogP contribution in [0, 0.1) is 0 Å². The second kappa shape index (κ2) is 5.85. The van der Waals surface area contributed by atoms with Gasteiger partial charge < -0.3 is 5.11 Å². The van der Waals surface area contributed by atoms with Crippen molar-refractivity contribution in [3.05, 3.63) is 29.8 Å². The molecule has 16 heavy (non-hydrogen) atoms. The first kappa shape index (κ1) is 12.2. The molecule has 5 nitrogen and oxygen atoms in total. The number of aromatic carboxylic acids is 1. The molecular weight excluding hydrogens is 206 g/mol. The summed E-state index contributed by atoms with van der Waals surface area (Å²) in [5.41, 5.74) is 0.542. The minimum atomic E-state index is -0.992. The summed E-state index contributed by atoms with van der Waals surface area (Å²) in [6.07, 6.45) is 0. The lowest BCUT2D eigenvalue weighted by atomic mass is 10.2. The van der Waals surface area contributed by atoms with Gasteiger partial charge in [0.2, 0.25) is 0 Å². The third-order valence-electron chi connectivity index (χ3n) is 2.14. The average molecular weight is 221 g/mol. The summed E-state index contributed by atoms with van der Waals surface area (Å²) in [7, 11) is 0. The van der Waals surface area contributed by atoms with Crippen molar-refractivity contribution in [2.45, 2.75) is 13.8 Å². The summed E-state index contributed by atoms with van der Waals surface area (Å²) in [5, 5.41) is 18.6. The predicted octanol–water partition coefficient (Wildman–Crippen LogP) is 2.73. The Hall–Kier alpha value is -1.91. The van der Waals surface area contributed by atoms with Crippen LogP contribution in [0.3, 0.4) is 0 Å². The molecule has 1 aromatic carbocycles. The molecule has 0 amide bonds. The van der Waals surface area contributed by atoms with Crippen LogP contribution in [0.1, 0.15) is 24.2 Å². The van der Waals surface area contributed by atoms with Crippen LogP contribution in [-0.4, -0.2) is 29.2 Å². The summed E-state index contributed by atoms with van der Waals surface area (Å²) in [4.78, 5) is 10.9. The molecule has 0 aliphatic carbocycles. The standard InChI is InChI=1S/C11H15N3O2/c1-3-14(4-2)13-12-10-8-6-5-7-9(10)11(15)16/h5-8H,3-4H2,1-2H3,(H,15,16). The fourth-order valence-corrected chi connectivity index (χ4v) is 1.20. The molecule has 0 aromatic heterocycles. The molecule has 86 valence electrons. The summed E-state index contributed by atoms with van der Waals surface area (Å²) in [6.45, 7) is 5.42. The average Bonchev–Trinajstić information content (AvgIpc) is 2.30. The van der Waals surface area contributed by atoms with Gasteiger partial charge in [-0.2, -0.15) is 0 Å². The fraction of sp³-hybridized carbons (Fsp3) is 0.364. The lowest BCUT2D eigenvalue weighted by Crippen LogP contribution is -2.14. The van der Waals surface area contributed by atoms with E-state index in [-0.39, 0.29) is 5.56 Å². The lowest BCUT2D eigenvalue weighted by molar-refractivity contribution is 0.0697. The second-order valence-electron chi connectivity index (χ2n) is 3.15. The zero-order valence-corrected chi connectivity index (χ0v) is 9.42. The number of nitrogens with zero attached hydrogens (tertiary/aromatic N) is 3. The number of carboxylic acids is 1. The third kappa shape index (κ3) is 3.05. The Balaban J connectivity index is 2.92. The van der Waals surface area contributed by atoms with E-state index in [1.165, 1.54) is 6.07 Å². The van der Waals surface area contributed by atoms with Gasteiger partial charge in [0.25, 0.3) is 0 Å². The SMILES string of the molecule is CCN(CC)N=Nc1ccccc1C(=O)O. The molecule has 0 radical (unpaired) electrons. The molecule has 1 aromatic rings. The van der Waals surface area contributed by atoms with E-state index in [4.69, 9.17) is 5.11 Å². The van der Waals surface area contributed by atoms with Crippen molar-refractivity contribution >= 4 is 11.7 Å². The first-order valence-corrected chi connectivity index (χ1v) is 5.18. The molecule has 0 unspecified atom stereocenters. The minimum absolute atomic E-state index is 0.165. The molecule has 0 bridgehead atoms. The number of rotatable bonds is 5. The van der Waals surface area contributed by atoms with E-state index in [2.05, 4.69) is 10.3 Å². The predicted molar refractivity (Wildman–Crippen MR) is 60.8 cm³/mol. The number of benzene rings is 1. The van der Waals surface area contributed by atoms with Gasteiger partial charge in [-0.25, -0.2) is 4.79 Å². The maximum atomic E-state index is 10.9. The molecule has 0 aliphatic rings. The molecule has 0 aliphatic heterocycles. The van der Waals surface area contributed by atoms with Gasteiger partial charge in [-0.05, 0) is 26.0 Å². The van der Waals surface area contributed by atoms with E-state index in [0.717, 1.165) is 13.1 Å². The monoisotopic (exact) mass is 221 g/mol. The van der Waals surface area contributed by atoms with Crippen molar-refractivity contribution in [1.82, 2.24) is 5.01 Å². The quantitative estimate of drug-likeness (QED) is 0.614. The first-order valence-electron chi connectivity index (χ1n) is 5.18. The summed E-state index contributed by atoms with van der Waals surface area (Å²) < 4.78 is 0. The molecule has 0 saturated heterocycles.